The van der Waals surface area contributed by atoms with Crippen LogP contribution in [0.3, 0.4) is 0 Å². The molecule has 0 radical (unpaired) electrons. The highest BCUT2D eigenvalue weighted by Gasteiger charge is 2.03. The highest BCUT2D eigenvalue weighted by Crippen LogP contribution is 1.94. The molecule has 3 heteroatoms. The third-order valence-electron chi connectivity index (χ3n) is 2.13. The van der Waals surface area contributed by atoms with Gasteiger partial charge in [0.15, 0.2) is 0 Å². The largest absolute Gasteiger partial charge is 0.385 e. The first kappa shape index (κ1) is 13.9. The Labute approximate surface area is 88.2 Å². The first-order chi connectivity index (χ1) is 6.85. The first-order valence-corrected chi connectivity index (χ1v) is 5.65. The Hall–Kier alpha value is -0.120. The molecule has 0 saturated carbocycles. The lowest BCUT2D eigenvalue weighted by Gasteiger charge is -2.16. The molecular formula is C11H25NO2. The van der Waals surface area contributed by atoms with Gasteiger partial charge in [-0.05, 0) is 25.8 Å². The van der Waals surface area contributed by atoms with Crippen molar-refractivity contribution in [1.82, 2.24) is 5.32 Å². The molecular weight excluding hydrogens is 178 g/mol. The van der Waals surface area contributed by atoms with Crippen molar-refractivity contribution in [2.45, 2.75) is 39.2 Å². The van der Waals surface area contributed by atoms with Crippen LogP contribution in [0.1, 0.15) is 33.1 Å². The molecule has 14 heavy (non-hydrogen) atoms. The van der Waals surface area contributed by atoms with Gasteiger partial charge in [0.1, 0.15) is 0 Å². The SMILES string of the molecule is CCCNC(CC)COCCCOC. The van der Waals surface area contributed by atoms with Gasteiger partial charge >= 0.3 is 0 Å². The number of methoxy groups -OCH3 is 1. The maximum atomic E-state index is 5.54. The van der Waals surface area contributed by atoms with Crippen LogP contribution in [0.5, 0.6) is 0 Å². The number of ether oxygens (including phenoxy) is 2. The Morgan fingerprint density at radius 3 is 2.57 bits per heavy atom. The summed E-state index contributed by atoms with van der Waals surface area (Å²) in [6.45, 7) is 7.86. The summed E-state index contributed by atoms with van der Waals surface area (Å²) in [7, 11) is 1.72. The van der Waals surface area contributed by atoms with Crippen LogP contribution >= 0.6 is 0 Å². The van der Waals surface area contributed by atoms with Gasteiger partial charge in [-0.15, -0.1) is 0 Å². The molecule has 0 amide bonds. The van der Waals surface area contributed by atoms with Crippen molar-refractivity contribution in [1.29, 1.82) is 0 Å². The van der Waals surface area contributed by atoms with Gasteiger partial charge in [-0.3, -0.25) is 0 Å². The minimum atomic E-state index is 0.512. The van der Waals surface area contributed by atoms with E-state index in [4.69, 9.17) is 9.47 Å². The van der Waals surface area contributed by atoms with E-state index in [1.807, 2.05) is 0 Å². The molecule has 0 bridgehead atoms. The molecule has 0 heterocycles. The van der Waals surface area contributed by atoms with Crippen LogP contribution in [0.2, 0.25) is 0 Å². The molecule has 86 valence electrons. The standard InChI is InChI=1S/C11H25NO2/c1-4-7-12-11(5-2)10-14-9-6-8-13-3/h11-12H,4-10H2,1-3H3. The van der Waals surface area contributed by atoms with E-state index in [1.54, 1.807) is 7.11 Å². The number of nitrogens with one attached hydrogen (secondary N) is 1. The molecule has 0 spiro atoms. The fourth-order valence-corrected chi connectivity index (χ4v) is 1.20. The van der Waals surface area contributed by atoms with Crippen LogP contribution in [-0.4, -0.2) is 39.5 Å². The second-order valence-electron chi connectivity index (χ2n) is 3.48. The summed E-state index contributed by atoms with van der Waals surface area (Å²) in [4.78, 5) is 0. The maximum absolute atomic E-state index is 5.54. The second-order valence-corrected chi connectivity index (χ2v) is 3.48. The highest BCUT2D eigenvalue weighted by molar-refractivity contribution is 4.62. The fourth-order valence-electron chi connectivity index (χ4n) is 1.20. The van der Waals surface area contributed by atoms with Crippen molar-refractivity contribution in [3.8, 4) is 0 Å². The summed E-state index contributed by atoms with van der Waals surface area (Å²) < 4.78 is 10.5. The van der Waals surface area contributed by atoms with Crippen LogP contribution in [0.4, 0.5) is 0 Å². The fraction of sp³-hybridized carbons (Fsp3) is 1.00. The van der Waals surface area contributed by atoms with Gasteiger partial charge in [-0.25, -0.2) is 0 Å². The monoisotopic (exact) mass is 203 g/mol. The number of hydrogen-bond acceptors (Lipinski definition) is 3. The smallest absolute Gasteiger partial charge is 0.0619 e. The lowest BCUT2D eigenvalue weighted by Crippen LogP contribution is -2.33. The van der Waals surface area contributed by atoms with Gasteiger partial charge in [0, 0.05) is 26.4 Å². The van der Waals surface area contributed by atoms with E-state index in [9.17, 15) is 0 Å². The quantitative estimate of drug-likeness (QED) is 0.549. The zero-order chi connectivity index (χ0) is 10.6. The molecule has 1 N–H and O–H groups in total. The number of hydrogen-bond donors (Lipinski definition) is 1. The van der Waals surface area contributed by atoms with E-state index < -0.39 is 0 Å². The van der Waals surface area contributed by atoms with Gasteiger partial charge in [0.05, 0.1) is 6.61 Å². The van der Waals surface area contributed by atoms with Crippen molar-refractivity contribution >= 4 is 0 Å². The molecule has 0 rings (SSSR count). The van der Waals surface area contributed by atoms with E-state index >= 15 is 0 Å². The van der Waals surface area contributed by atoms with Crippen molar-refractivity contribution in [3.63, 3.8) is 0 Å². The van der Waals surface area contributed by atoms with Crippen LogP contribution in [0, 0.1) is 0 Å². The van der Waals surface area contributed by atoms with Gasteiger partial charge in [-0.1, -0.05) is 13.8 Å². The number of rotatable bonds is 10. The molecule has 0 fully saturated rings. The molecule has 1 unspecified atom stereocenters. The molecule has 3 nitrogen and oxygen atoms in total. The zero-order valence-corrected chi connectivity index (χ0v) is 9.84. The van der Waals surface area contributed by atoms with Crippen LogP contribution in [0.25, 0.3) is 0 Å². The van der Waals surface area contributed by atoms with Gasteiger partial charge < -0.3 is 14.8 Å². The molecule has 1 atom stereocenters. The molecule has 0 aliphatic carbocycles. The van der Waals surface area contributed by atoms with Gasteiger partial charge in [0.25, 0.3) is 0 Å². The molecule has 0 saturated heterocycles. The average molecular weight is 203 g/mol. The molecule has 0 aliphatic rings. The van der Waals surface area contributed by atoms with Gasteiger partial charge in [0.2, 0.25) is 0 Å². The summed E-state index contributed by atoms with van der Waals surface area (Å²) in [5.41, 5.74) is 0. The molecule has 0 aromatic carbocycles. The predicted octanol–water partition coefficient (Wildman–Crippen LogP) is 1.82. The lowest BCUT2D eigenvalue weighted by atomic mass is 10.2. The Kier molecular flexibility index (Phi) is 10.9. The molecule has 0 aromatic heterocycles. The van der Waals surface area contributed by atoms with E-state index in [1.165, 1.54) is 6.42 Å². The van der Waals surface area contributed by atoms with Gasteiger partial charge in [-0.2, -0.15) is 0 Å². The van der Waals surface area contributed by atoms with Crippen molar-refractivity contribution in [2.24, 2.45) is 0 Å². The Balaban J connectivity index is 3.24. The minimum Gasteiger partial charge on any atom is -0.385 e. The lowest BCUT2D eigenvalue weighted by molar-refractivity contribution is 0.0867. The van der Waals surface area contributed by atoms with Crippen LogP contribution in [-0.2, 0) is 9.47 Å². The predicted molar refractivity (Wildman–Crippen MR) is 59.7 cm³/mol. The minimum absolute atomic E-state index is 0.512. The second kappa shape index (κ2) is 11.0. The Morgan fingerprint density at radius 1 is 1.21 bits per heavy atom. The Morgan fingerprint density at radius 2 is 2.00 bits per heavy atom. The summed E-state index contributed by atoms with van der Waals surface area (Å²) in [6.07, 6.45) is 3.30. The molecule has 0 aromatic rings. The normalized spacial score (nSPS) is 13.1. The Bertz CT molecular complexity index is 109. The first-order valence-electron chi connectivity index (χ1n) is 5.65. The van der Waals surface area contributed by atoms with Crippen molar-refractivity contribution in [3.05, 3.63) is 0 Å². The zero-order valence-electron chi connectivity index (χ0n) is 9.84. The summed E-state index contributed by atoms with van der Waals surface area (Å²) in [6, 6.07) is 0.512. The van der Waals surface area contributed by atoms with Crippen molar-refractivity contribution < 1.29 is 9.47 Å². The average Bonchev–Trinajstić information content (AvgIpc) is 2.22. The van der Waals surface area contributed by atoms with E-state index in [-0.39, 0.29) is 0 Å². The topological polar surface area (TPSA) is 30.5 Å². The van der Waals surface area contributed by atoms with Crippen LogP contribution < -0.4 is 5.32 Å². The van der Waals surface area contributed by atoms with Crippen LogP contribution in [0.15, 0.2) is 0 Å². The van der Waals surface area contributed by atoms with E-state index in [0.29, 0.717) is 6.04 Å². The summed E-state index contributed by atoms with van der Waals surface area (Å²) in [5.74, 6) is 0. The van der Waals surface area contributed by atoms with E-state index in [0.717, 1.165) is 39.2 Å². The summed E-state index contributed by atoms with van der Waals surface area (Å²) in [5, 5.41) is 3.45. The maximum Gasteiger partial charge on any atom is 0.0619 e. The highest BCUT2D eigenvalue weighted by atomic mass is 16.5. The van der Waals surface area contributed by atoms with E-state index in [2.05, 4.69) is 19.2 Å². The third kappa shape index (κ3) is 8.48. The summed E-state index contributed by atoms with van der Waals surface area (Å²) >= 11 is 0. The molecule has 0 aliphatic heterocycles. The third-order valence-corrected chi connectivity index (χ3v) is 2.13. The van der Waals surface area contributed by atoms with Crippen molar-refractivity contribution in [2.75, 3.05) is 33.5 Å².